The topological polar surface area (TPSA) is 67.5 Å². The molecular weight excluding hydrogens is 294 g/mol. The standard InChI is InChI=1S/C17H23N3O3/c1-5-12-9-20(16(21)23-17(2,3)4)10-13-14(22-12)7-6-11-8-18-19-15(11)13/h6-8,12H,5,9-10H2,1-4H3,(H,18,19)/t12-/m1/s1. The summed E-state index contributed by atoms with van der Waals surface area (Å²) in [5, 5.41) is 8.11. The van der Waals surface area contributed by atoms with E-state index in [0.29, 0.717) is 13.1 Å². The predicted molar refractivity (Wildman–Crippen MR) is 87.4 cm³/mol. The number of amides is 1. The van der Waals surface area contributed by atoms with E-state index in [4.69, 9.17) is 9.47 Å². The average Bonchev–Trinajstić information content (AvgIpc) is 2.85. The maximum absolute atomic E-state index is 12.5. The summed E-state index contributed by atoms with van der Waals surface area (Å²) < 4.78 is 11.6. The van der Waals surface area contributed by atoms with Crippen molar-refractivity contribution < 1.29 is 14.3 Å². The molecule has 0 spiro atoms. The van der Waals surface area contributed by atoms with Gasteiger partial charge in [0.15, 0.2) is 0 Å². The van der Waals surface area contributed by atoms with Crippen LogP contribution < -0.4 is 4.74 Å². The summed E-state index contributed by atoms with van der Waals surface area (Å²) in [6.45, 7) is 8.63. The fraction of sp³-hybridized carbons (Fsp3) is 0.529. The largest absolute Gasteiger partial charge is 0.488 e. The summed E-state index contributed by atoms with van der Waals surface area (Å²) in [6.07, 6.45) is 2.23. The molecule has 3 rings (SSSR count). The molecule has 0 saturated heterocycles. The normalized spacial score (nSPS) is 18.3. The van der Waals surface area contributed by atoms with E-state index in [1.165, 1.54) is 0 Å². The molecule has 1 aliphatic heterocycles. The number of carbonyl (C=O) groups excluding carboxylic acids is 1. The first-order valence-electron chi connectivity index (χ1n) is 7.97. The Morgan fingerprint density at radius 1 is 1.48 bits per heavy atom. The molecule has 23 heavy (non-hydrogen) atoms. The first-order valence-corrected chi connectivity index (χ1v) is 7.97. The van der Waals surface area contributed by atoms with Gasteiger partial charge in [0, 0.05) is 10.9 Å². The van der Waals surface area contributed by atoms with E-state index in [0.717, 1.165) is 28.6 Å². The summed E-state index contributed by atoms with van der Waals surface area (Å²) in [5.74, 6) is 0.805. The summed E-state index contributed by atoms with van der Waals surface area (Å²) in [4.78, 5) is 14.2. The van der Waals surface area contributed by atoms with Gasteiger partial charge in [-0.2, -0.15) is 5.10 Å². The zero-order valence-corrected chi connectivity index (χ0v) is 14.0. The minimum Gasteiger partial charge on any atom is -0.488 e. The van der Waals surface area contributed by atoms with E-state index < -0.39 is 5.60 Å². The van der Waals surface area contributed by atoms with Crippen molar-refractivity contribution in [3.63, 3.8) is 0 Å². The minimum absolute atomic E-state index is 0.0517. The molecule has 1 aliphatic rings. The molecular formula is C17H23N3O3. The van der Waals surface area contributed by atoms with Crippen LogP contribution in [-0.2, 0) is 11.3 Å². The van der Waals surface area contributed by atoms with Gasteiger partial charge in [0.05, 0.1) is 24.8 Å². The Hall–Kier alpha value is -2.24. The van der Waals surface area contributed by atoms with E-state index >= 15 is 0 Å². The molecule has 2 heterocycles. The Kier molecular flexibility index (Phi) is 3.92. The molecule has 1 atom stereocenters. The monoisotopic (exact) mass is 317 g/mol. The SMILES string of the molecule is CC[C@@H]1CN(C(=O)OC(C)(C)C)Cc2c(ccc3cn[nH]c23)O1. The van der Waals surface area contributed by atoms with Crippen LogP contribution in [0, 0.1) is 0 Å². The number of ether oxygens (including phenoxy) is 2. The highest BCUT2D eigenvalue weighted by molar-refractivity contribution is 5.84. The number of aromatic nitrogens is 2. The summed E-state index contributed by atoms with van der Waals surface area (Å²) in [7, 11) is 0. The number of benzene rings is 1. The molecule has 124 valence electrons. The van der Waals surface area contributed by atoms with Crippen molar-refractivity contribution in [2.24, 2.45) is 0 Å². The zero-order chi connectivity index (χ0) is 16.6. The lowest BCUT2D eigenvalue weighted by atomic mass is 10.1. The number of H-pyrrole nitrogens is 1. The highest BCUT2D eigenvalue weighted by atomic mass is 16.6. The molecule has 1 aromatic carbocycles. The molecule has 0 fully saturated rings. The Morgan fingerprint density at radius 2 is 2.26 bits per heavy atom. The Bertz CT molecular complexity index is 717. The van der Waals surface area contributed by atoms with E-state index in [9.17, 15) is 4.79 Å². The van der Waals surface area contributed by atoms with Crippen LogP contribution in [0.5, 0.6) is 5.75 Å². The number of fused-ring (bicyclic) bond motifs is 3. The quantitative estimate of drug-likeness (QED) is 0.874. The number of carbonyl (C=O) groups is 1. The van der Waals surface area contributed by atoms with Gasteiger partial charge in [-0.15, -0.1) is 0 Å². The number of hydrogen-bond donors (Lipinski definition) is 1. The van der Waals surface area contributed by atoms with Gasteiger partial charge in [0.1, 0.15) is 17.5 Å². The molecule has 1 N–H and O–H groups in total. The summed E-state index contributed by atoms with van der Waals surface area (Å²) >= 11 is 0. The van der Waals surface area contributed by atoms with Crippen LogP contribution >= 0.6 is 0 Å². The number of rotatable bonds is 1. The smallest absolute Gasteiger partial charge is 0.410 e. The third-order valence-corrected chi connectivity index (χ3v) is 3.86. The van der Waals surface area contributed by atoms with E-state index in [2.05, 4.69) is 17.1 Å². The van der Waals surface area contributed by atoms with Gasteiger partial charge >= 0.3 is 6.09 Å². The number of nitrogens with zero attached hydrogens (tertiary/aromatic N) is 2. The van der Waals surface area contributed by atoms with Crippen molar-refractivity contribution in [2.45, 2.75) is 52.4 Å². The van der Waals surface area contributed by atoms with Crippen LogP contribution in [0.1, 0.15) is 39.7 Å². The number of aromatic amines is 1. The molecule has 2 aromatic rings. The maximum atomic E-state index is 12.5. The average molecular weight is 317 g/mol. The van der Waals surface area contributed by atoms with Crippen LogP contribution in [-0.4, -0.2) is 39.4 Å². The van der Waals surface area contributed by atoms with Crippen molar-refractivity contribution in [3.8, 4) is 5.75 Å². The molecule has 0 aliphatic carbocycles. The lowest BCUT2D eigenvalue weighted by Crippen LogP contribution is -2.40. The highest BCUT2D eigenvalue weighted by Gasteiger charge is 2.29. The van der Waals surface area contributed by atoms with E-state index in [1.54, 1.807) is 11.1 Å². The van der Waals surface area contributed by atoms with E-state index in [1.807, 2.05) is 32.9 Å². The van der Waals surface area contributed by atoms with Gasteiger partial charge in [0.25, 0.3) is 0 Å². The fourth-order valence-electron chi connectivity index (χ4n) is 2.72. The maximum Gasteiger partial charge on any atom is 0.410 e. The van der Waals surface area contributed by atoms with Crippen molar-refractivity contribution in [1.29, 1.82) is 0 Å². The van der Waals surface area contributed by atoms with Crippen LogP contribution in [0.4, 0.5) is 4.79 Å². The molecule has 0 saturated carbocycles. The molecule has 6 nitrogen and oxygen atoms in total. The zero-order valence-electron chi connectivity index (χ0n) is 14.0. The van der Waals surface area contributed by atoms with Crippen molar-refractivity contribution in [3.05, 3.63) is 23.9 Å². The predicted octanol–water partition coefficient (Wildman–Crippen LogP) is 3.47. The van der Waals surface area contributed by atoms with Gasteiger partial charge < -0.3 is 9.47 Å². The summed E-state index contributed by atoms with van der Waals surface area (Å²) in [5.41, 5.74) is 1.34. The second-order valence-electron chi connectivity index (χ2n) is 6.89. The highest BCUT2D eigenvalue weighted by Crippen LogP contribution is 2.32. The third-order valence-electron chi connectivity index (χ3n) is 3.86. The Labute approximate surface area is 135 Å². The minimum atomic E-state index is -0.519. The Morgan fingerprint density at radius 3 is 2.96 bits per heavy atom. The van der Waals surface area contributed by atoms with Gasteiger partial charge in [-0.05, 0) is 39.3 Å². The third kappa shape index (κ3) is 3.25. The molecule has 1 aromatic heterocycles. The first-order chi connectivity index (χ1) is 10.9. The number of hydrogen-bond acceptors (Lipinski definition) is 4. The van der Waals surface area contributed by atoms with Crippen molar-refractivity contribution in [2.75, 3.05) is 6.54 Å². The molecule has 1 amide bonds. The molecule has 0 unspecified atom stereocenters. The second kappa shape index (κ2) is 5.76. The van der Waals surface area contributed by atoms with Crippen LogP contribution in [0.2, 0.25) is 0 Å². The van der Waals surface area contributed by atoms with Crippen LogP contribution in [0.15, 0.2) is 18.3 Å². The lowest BCUT2D eigenvalue weighted by molar-refractivity contribution is 0.0177. The molecule has 6 heteroatoms. The first kappa shape index (κ1) is 15.6. The molecule has 0 radical (unpaired) electrons. The van der Waals surface area contributed by atoms with E-state index in [-0.39, 0.29) is 12.2 Å². The van der Waals surface area contributed by atoms with Gasteiger partial charge in [-0.25, -0.2) is 4.79 Å². The fourth-order valence-corrected chi connectivity index (χ4v) is 2.72. The molecule has 0 bridgehead atoms. The second-order valence-corrected chi connectivity index (χ2v) is 6.89. The van der Waals surface area contributed by atoms with Crippen molar-refractivity contribution >= 4 is 17.0 Å². The van der Waals surface area contributed by atoms with Crippen molar-refractivity contribution in [1.82, 2.24) is 15.1 Å². The number of nitrogens with one attached hydrogen (secondary N) is 1. The van der Waals surface area contributed by atoms with Gasteiger partial charge in [-0.1, -0.05) is 6.92 Å². The van der Waals surface area contributed by atoms with Gasteiger partial charge in [-0.3, -0.25) is 10.00 Å². The van der Waals surface area contributed by atoms with Crippen LogP contribution in [0.25, 0.3) is 10.9 Å². The Balaban J connectivity index is 1.97. The van der Waals surface area contributed by atoms with Gasteiger partial charge in [0.2, 0.25) is 0 Å². The van der Waals surface area contributed by atoms with Crippen LogP contribution in [0.3, 0.4) is 0 Å². The lowest BCUT2D eigenvalue weighted by Gasteiger charge is -2.27. The summed E-state index contributed by atoms with van der Waals surface area (Å²) in [6, 6.07) is 3.93.